The molecule has 0 amide bonds. The lowest BCUT2D eigenvalue weighted by Gasteiger charge is -2.18. The smallest absolute Gasteiger partial charge is 0.125 e. The summed E-state index contributed by atoms with van der Waals surface area (Å²) in [6.07, 6.45) is 3.15. The van der Waals surface area contributed by atoms with Crippen molar-refractivity contribution in [2.45, 2.75) is 20.3 Å². The molecule has 1 aromatic rings. The minimum Gasteiger partial charge on any atom is -0.370 e. The van der Waals surface area contributed by atoms with Gasteiger partial charge in [0.15, 0.2) is 0 Å². The highest BCUT2D eigenvalue weighted by molar-refractivity contribution is 5.33. The van der Waals surface area contributed by atoms with Gasteiger partial charge in [-0.05, 0) is 36.9 Å². The van der Waals surface area contributed by atoms with Crippen LogP contribution in [0.5, 0.6) is 0 Å². The molecule has 1 N–H and O–H groups in total. The Kier molecular flexibility index (Phi) is 4.37. The van der Waals surface area contributed by atoms with Gasteiger partial charge in [0.25, 0.3) is 0 Å². The predicted octanol–water partition coefficient (Wildman–Crippen LogP) is 2.47. The maximum absolute atomic E-state index is 4.28. The molecule has 1 aliphatic heterocycles. The van der Waals surface area contributed by atoms with Crippen molar-refractivity contribution in [3.05, 3.63) is 24.4 Å². The van der Waals surface area contributed by atoms with Gasteiger partial charge in [-0.1, -0.05) is 19.9 Å². The number of rotatable bonds is 5. The quantitative estimate of drug-likeness (QED) is 0.847. The van der Waals surface area contributed by atoms with Crippen molar-refractivity contribution in [3.63, 3.8) is 0 Å². The Morgan fingerprint density at radius 2 is 2.35 bits per heavy atom. The van der Waals surface area contributed by atoms with Gasteiger partial charge in [-0.3, -0.25) is 0 Å². The maximum Gasteiger partial charge on any atom is 0.125 e. The largest absolute Gasteiger partial charge is 0.370 e. The summed E-state index contributed by atoms with van der Waals surface area (Å²) >= 11 is 0. The molecule has 2 rings (SSSR count). The van der Waals surface area contributed by atoms with Crippen LogP contribution >= 0.6 is 0 Å². The molecule has 0 unspecified atom stereocenters. The number of hydrogen-bond donors (Lipinski definition) is 1. The lowest BCUT2D eigenvalue weighted by Crippen LogP contribution is -2.26. The summed E-state index contributed by atoms with van der Waals surface area (Å²) in [5, 5.41) is 3.42. The molecule has 94 valence electrons. The molecule has 1 atom stereocenters. The highest BCUT2D eigenvalue weighted by Crippen LogP contribution is 2.17. The van der Waals surface area contributed by atoms with E-state index >= 15 is 0 Å². The molecule has 1 aliphatic rings. The minimum absolute atomic E-state index is 0.774. The van der Waals surface area contributed by atoms with Gasteiger partial charge in [-0.15, -0.1) is 0 Å². The van der Waals surface area contributed by atoms with Crippen LogP contribution in [0.25, 0.3) is 0 Å². The van der Waals surface area contributed by atoms with E-state index < -0.39 is 0 Å². The molecule has 3 heteroatoms. The van der Waals surface area contributed by atoms with Gasteiger partial charge in [0.1, 0.15) is 5.82 Å². The zero-order valence-corrected chi connectivity index (χ0v) is 10.9. The van der Waals surface area contributed by atoms with Crippen LogP contribution in [0.3, 0.4) is 0 Å². The van der Waals surface area contributed by atoms with Crippen LogP contribution in [-0.2, 0) is 0 Å². The molecule has 0 saturated carbocycles. The fourth-order valence-corrected chi connectivity index (χ4v) is 2.48. The number of pyridine rings is 1. The van der Waals surface area contributed by atoms with Gasteiger partial charge in [-0.2, -0.15) is 0 Å². The van der Waals surface area contributed by atoms with Crippen LogP contribution in [-0.4, -0.2) is 36.1 Å². The second kappa shape index (κ2) is 6.01. The number of likely N-dealkylation sites (tertiary alicyclic amines) is 1. The fraction of sp³-hybridized carbons (Fsp3) is 0.643. The summed E-state index contributed by atoms with van der Waals surface area (Å²) in [5.74, 6) is 2.54. The lowest BCUT2D eigenvalue weighted by atomic mass is 10.1. The van der Waals surface area contributed by atoms with E-state index in [1.165, 1.54) is 26.1 Å². The number of hydrogen-bond acceptors (Lipinski definition) is 3. The van der Waals surface area contributed by atoms with Gasteiger partial charge in [0, 0.05) is 25.8 Å². The van der Waals surface area contributed by atoms with Gasteiger partial charge < -0.3 is 10.2 Å². The third kappa shape index (κ3) is 4.00. The highest BCUT2D eigenvalue weighted by atomic mass is 15.2. The summed E-state index contributed by atoms with van der Waals surface area (Å²) in [6.45, 7) is 9.36. The third-order valence-electron chi connectivity index (χ3n) is 3.23. The first-order chi connectivity index (χ1) is 8.24. The zero-order chi connectivity index (χ0) is 12.1. The van der Waals surface area contributed by atoms with Gasteiger partial charge in [0.05, 0.1) is 0 Å². The molecule has 1 aromatic heterocycles. The molecule has 0 aromatic carbocycles. The SMILES string of the molecule is CC(C)CN1CC[C@H](CNc2ccccn2)C1. The van der Waals surface area contributed by atoms with Crippen molar-refractivity contribution in [3.8, 4) is 0 Å². The highest BCUT2D eigenvalue weighted by Gasteiger charge is 2.22. The Balaban J connectivity index is 1.71. The van der Waals surface area contributed by atoms with Crippen LogP contribution in [0, 0.1) is 11.8 Å². The Morgan fingerprint density at radius 3 is 3.06 bits per heavy atom. The van der Waals surface area contributed by atoms with E-state index in [1.807, 2.05) is 24.4 Å². The van der Waals surface area contributed by atoms with Crippen molar-refractivity contribution >= 4 is 5.82 Å². The van der Waals surface area contributed by atoms with E-state index in [0.29, 0.717) is 0 Å². The molecule has 2 heterocycles. The first kappa shape index (κ1) is 12.4. The maximum atomic E-state index is 4.28. The van der Waals surface area contributed by atoms with E-state index in [2.05, 4.69) is 29.0 Å². The van der Waals surface area contributed by atoms with Gasteiger partial charge in [-0.25, -0.2) is 4.98 Å². The van der Waals surface area contributed by atoms with Crippen molar-refractivity contribution in [2.24, 2.45) is 11.8 Å². The van der Waals surface area contributed by atoms with E-state index in [9.17, 15) is 0 Å². The van der Waals surface area contributed by atoms with E-state index in [4.69, 9.17) is 0 Å². The van der Waals surface area contributed by atoms with Crippen LogP contribution in [0.1, 0.15) is 20.3 Å². The number of nitrogens with one attached hydrogen (secondary N) is 1. The van der Waals surface area contributed by atoms with Gasteiger partial charge in [0.2, 0.25) is 0 Å². The van der Waals surface area contributed by atoms with E-state index in [0.717, 1.165) is 24.2 Å². The van der Waals surface area contributed by atoms with E-state index in [-0.39, 0.29) is 0 Å². The average Bonchev–Trinajstić information content (AvgIpc) is 2.75. The average molecular weight is 233 g/mol. The molecule has 0 aliphatic carbocycles. The first-order valence-electron chi connectivity index (χ1n) is 6.61. The summed E-state index contributed by atoms with van der Waals surface area (Å²) in [7, 11) is 0. The van der Waals surface area contributed by atoms with Crippen molar-refractivity contribution in [2.75, 3.05) is 31.5 Å². The normalized spacial score (nSPS) is 21.0. The Morgan fingerprint density at radius 1 is 1.47 bits per heavy atom. The van der Waals surface area contributed by atoms with Crippen LogP contribution < -0.4 is 5.32 Å². The van der Waals surface area contributed by atoms with Crippen molar-refractivity contribution < 1.29 is 0 Å². The molecule has 17 heavy (non-hydrogen) atoms. The first-order valence-corrected chi connectivity index (χ1v) is 6.61. The molecule has 0 radical (unpaired) electrons. The summed E-state index contributed by atoms with van der Waals surface area (Å²) in [6, 6.07) is 6.00. The zero-order valence-electron chi connectivity index (χ0n) is 10.9. The molecule has 0 spiro atoms. The van der Waals surface area contributed by atoms with E-state index in [1.54, 1.807) is 0 Å². The minimum atomic E-state index is 0.774. The molecular formula is C14H23N3. The number of anilines is 1. The van der Waals surface area contributed by atoms with Crippen molar-refractivity contribution in [1.82, 2.24) is 9.88 Å². The number of nitrogens with zero attached hydrogens (tertiary/aromatic N) is 2. The molecule has 0 bridgehead atoms. The fourth-order valence-electron chi connectivity index (χ4n) is 2.48. The second-order valence-corrected chi connectivity index (χ2v) is 5.40. The summed E-state index contributed by atoms with van der Waals surface area (Å²) < 4.78 is 0. The number of aromatic nitrogens is 1. The van der Waals surface area contributed by atoms with Crippen LogP contribution in [0.15, 0.2) is 24.4 Å². The third-order valence-corrected chi connectivity index (χ3v) is 3.23. The van der Waals surface area contributed by atoms with Crippen molar-refractivity contribution in [1.29, 1.82) is 0 Å². The Labute approximate surface area is 104 Å². The van der Waals surface area contributed by atoms with Crippen LogP contribution in [0.4, 0.5) is 5.82 Å². The van der Waals surface area contributed by atoms with Gasteiger partial charge >= 0.3 is 0 Å². The standard InChI is InChI=1S/C14H23N3/c1-12(2)10-17-8-6-13(11-17)9-16-14-5-3-4-7-15-14/h3-5,7,12-13H,6,8-11H2,1-2H3,(H,15,16)/t13-/m1/s1. The molecule has 3 nitrogen and oxygen atoms in total. The van der Waals surface area contributed by atoms with Crippen LogP contribution in [0.2, 0.25) is 0 Å². The second-order valence-electron chi connectivity index (χ2n) is 5.40. The monoisotopic (exact) mass is 233 g/mol. The lowest BCUT2D eigenvalue weighted by molar-refractivity contribution is 0.289. The summed E-state index contributed by atoms with van der Waals surface area (Å²) in [4.78, 5) is 6.86. The topological polar surface area (TPSA) is 28.2 Å². The molecular weight excluding hydrogens is 210 g/mol. The summed E-state index contributed by atoms with van der Waals surface area (Å²) in [5.41, 5.74) is 0. The Hall–Kier alpha value is -1.09. The predicted molar refractivity (Wildman–Crippen MR) is 72.1 cm³/mol. The molecule has 1 fully saturated rings. The Bertz CT molecular complexity index is 323. The molecule has 1 saturated heterocycles.